The number of hydrogen-bond acceptors (Lipinski definition) is 6. The molecule has 204 valence electrons. The van der Waals surface area contributed by atoms with Crippen LogP contribution in [0.2, 0.25) is 0 Å². The van der Waals surface area contributed by atoms with E-state index in [9.17, 15) is 18.0 Å². The van der Waals surface area contributed by atoms with Gasteiger partial charge in [-0.1, -0.05) is 67.8 Å². The zero-order valence-corrected chi connectivity index (χ0v) is 23.4. The highest BCUT2D eigenvalue weighted by molar-refractivity contribution is 7.89. The van der Waals surface area contributed by atoms with E-state index in [2.05, 4.69) is 4.72 Å². The van der Waals surface area contributed by atoms with Gasteiger partial charge >= 0.3 is 11.6 Å². The third kappa shape index (κ3) is 6.64. The minimum absolute atomic E-state index is 0.0755. The summed E-state index contributed by atoms with van der Waals surface area (Å²) < 4.78 is 40.2. The second kappa shape index (κ2) is 12.0. The van der Waals surface area contributed by atoms with E-state index in [4.69, 9.17) is 9.15 Å². The Kier molecular flexibility index (Phi) is 8.67. The quantitative estimate of drug-likeness (QED) is 0.154. The molecule has 3 aromatic carbocycles. The van der Waals surface area contributed by atoms with Gasteiger partial charge in [0.25, 0.3) is 0 Å². The Bertz CT molecular complexity index is 1640. The number of fused-ring (bicyclic) bond motifs is 1. The van der Waals surface area contributed by atoms with E-state index in [0.717, 1.165) is 23.1 Å². The van der Waals surface area contributed by atoms with Crippen LogP contribution in [-0.2, 0) is 21.2 Å². The number of rotatable bonds is 10. The van der Waals surface area contributed by atoms with Crippen LogP contribution in [-0.4, -0.2) is 20.4 Å². The van der Waals surface area contributed by atoms with Crippen molar-refractivity contribution in [2.24, 2.45) is 0 Å². The number of benzene rings is 3. The molecular weight excluding hydrogens is 514 g/mol. The topological polar surface area (TPSA) is 103 Å². The molecule has 0 aliphatic heterocycles. The molecule has 1 aromatic heterocycles. The second-order valence-corrected chi connectivity index (χ2v) is 11.6. The van der Waals surface area contributed by atoms with Gasteiger partial charge in [0.1, 0.15) is 17.4 Å². The molecule has 0 saturated carbocycles. The first kappa shape index (κ1) is 28.3. The molecule has 0 radical (unpaired) electrons. The van der Waals surface area contributed by atoms with Gasteiger partial charge in [0, 0.05) is 12.0 Å². The normalized spacial score (nSPS) is 12.4. The Morgan fingerprint density at radius 2 is 1.67 bits per heavy atom. The third-order valence-corrected chi connectivity index (χ3v) is 8.17. The van der Waals surface area contributed by atoms with Gasteiger partial charge in [0.15, 0.2) is 0 Å². The molecule has 4 aromatic rings. The van der Waals surface area contributed by atoms with Gasteiger partial charge in [-0.25, -0.2) is 18.0 Å². The largest absolute Gasteiger partial charge is 0.425 e. The first-order valence-corrected chi connectivity index (χ1v) is 14.5. The minimum atomic E-state index is -3.96. The third-order valence-electron chi connectivity index (χ3n) is 6.68. The average molecular weight is 548 g/mol. The highest BCUT2D eigenvalue weighted by Gasteiger charge is 2.28. The Morgan fingerprint density at radius 3 is 2.33 bits per heavy atom. The highest BCUT2D eigenvalue weighted by Crippen LogP contribution is 2.32. The van der Waals surface area contributed by atoms with E-state index in [1.54, 1.807) is 38.1 Å². The van der Waals surface area contributed by atoms with Crippen molar-refractivity contribution in [3.63, 3.8) is 0 Å². The van der Waals surface area contributed by atoms with Crippen LogP contribution in [0.1, 0.15) is 54.0 Å². The molecule has 0 unspecified atom stereocenters. The molecule has 1 heterocycles. The van der Waals surface area contributed by atoms with Gasteiger partial charge in [0.05, 0.1) is 10.3 Å². The predicted molar refractivity (Wildman–Crippen MR) is 152 cm³/mol. The first-order valence-electron chi connectivity index (χ1n) is 13.0. The lowest BCUT2D eigenvalue weighted by molar-refractivity contribution is -0.136. The molecule has 0 fully saturated rings. The fourth-order valence-electron chi connectivity index (χ4n) is 4.51. The van der Waals surface area contributed by atoms with Crippen LogP contribution in [0.3, 0.4) is 0 Å². The van der Waals surface area contributed by atoms with Crippen LogP contribution in [0.25, 0.3) is 11.0 Å². The van der Waals surface area contributed by atoms with E-state index in [1.807, 2.05) is 44.2 Å². The minimum Gasteiger partial charge on any atom is -0.425 e. The van der Waals surface area contributed by atoms with Crippen molar-refractivity contribution in [1.82, 2.24) is 4.72 Å². The fourth-order valence-corrected chi connectivity index (χ4v) is 5.73. The predicted octanol–water partition coefficient (Wildman–Crippen LogP) is 5.75. The highest BCUT2D eigenvalue weighted by atomic mass is 32.2. The van der Waals surface area contributed by atoms with Crippen molar-refractivity contribution >= 4 is 27.0 Å². The van der Waals surface area contributed by atoms with Gasteiger partial charge in [-0.05, 0) is 68.1 Å². The summed E-state index contributed by atoms with van der Waals surface area (Å²) in [6, 6.07) is 18.3. The SMILES string of the molecule is CCCC[C@@H](NS(=O)(=O)c1ccc(C)cc1)C(=O)Oc1cc(C)cc2oc(=O)c(Cc3ccccc3)c(C)c12. The molecule has 0 amide bonds. The maximum atomic E-state index is 13.4. The fraction of sp³-hybridized carbons (Fsp3) is 0.290. The van der Waals surface area contributed by atoms with Crippen LogP contribution in [0.4, 0.5) is 0 Å². The molecule has 1 atom stereocenters. The number of aryl methyl sites for hydroxylation is 3. The molecule has 0 aliphatic carbocycles. The summed E-state index contributed by atoms with van der Waals surface area (Å²) in [5, 5.41) is 0.509. The molecule has 0 spiro atoms. The van der Waals surface area contributed by atoms with E-state index in [0.29, 0.717) is 34.9 Å². The molecule has 4 rings (SSSR count). The van der Waals surface area contributed by atoms with E-state index in [1.165, 1.54) is 12.1 Å². The zero-order valence-electron chi connectivity index (χ0n) is 22.6. The molecule has 7 nitrogen and oxygen atoms in total. The number of hydrogen-bond donors (Lipinski definition) is 1. The lowest BCUT2D eigenvalue weighted by Gasteiger charge is -2.19. The maximum Gasteiger partial charge on any atom is 0.340 e. The van der Waals surface area contributed by atoms with Crippen LogP contribution >= 0.6 is 0 Å². The summed E-state index contributed by atoms with van der Waals surface area (Å²) in [4.78, 5) is 26.4. The summed E-state index contributed by atoms with van der Waals surface area (Å²) in [7, 11) is -3.96. The monoisotopic (exact) mass is 547 g/mol. The Morgan fingerprint density at radius 1 is 0.974 bits per heavy atom. The van der Waals surface area contributed by atoms with Crippen molar-refractivity contribution in [1.29, 1.82) is 0 Å². The Balaban J connectivity index is 1.70. The Labute approximate surface area is 228 Å². The van der Waals surface area contributed by atoms with Gasteiger partial charge in [-0.3, -0.25) is 0 Å². The summed E-state index contributed by atoms with van der Waals surface area (Å²) in [5.74, 6) is -0.497. The molecule has 8 heteroatoms. The second-order valence-electron chi connectivity index (χ2n) is 9.84. The Hall–Kier alpha value is -3.75. The van der Waals surface area contributed by atoms with Crippen LogP contribution in [0.15, 0.2) is 80.8 Å². The molecule has 0 bridgehead atoms. The smallest absolute Gasteiger partial charge is 0.340 e. The lowest BCUT2D eigenvalue weighted by Crippen LogP contribution is -2.43. The number of unbranched alkanes of at least 4 members (excludes halogenated alkanes) is 1. The van der Waals surface area contributed by atoms with Gasteiger partial charge in [-0.2, -0.15) is 4.72 Å². The number of esters is 1. The van der Waals surface area contributed by atoms with Crippen LogP contribution < -0.4 is 15.1 Å². The van der Waals surface area contributed by atoms with E-state index >= 15 is 0 Å². The van der Waals surface area contributed by atoms with Crippen molar-refractivity contribution in [2.75, 3.05) is 0 Å². The van der Waals surface area contributed by atoms with Crippen molar-refractivity contribution in [2.45, 2.75) is 64.3 Å². The lowest BCUT2D eigenvalue weighted by atomic mass is 9.98. The number of nitrogens with one attached hydrogen (secondary N) is 1. The molecular formula is C31H33NO6S. The van der Waals surface area contributed by atoms with Gasteiger partial charge in [0.2, 0.25) is 10.0 Å². The van der Waals surface area contributed by atoms with Crippen LogP contribution in [0, 0.1) is 20.8 Å². The number of sulfonamides is 1. The standard InChI is InChI=1S/C31H33NO6S/c1-5-6-12-26(32-39(35,36)24-15-13-20(2)14-16-24)31(34)38-28-18-21(3)17-27-29(28)22(4)25(30(33)37-27)19-23-10-8-7-9-11-23/h7-11,13-18,26,32H,5-6,12,19H2,1-4H3/t26-/m1/s1. The molecule has 1 N–H and O–H groups in total. The molecule has 0 aliphatic rings. The van der Waals surface area contributed by atoms with Crippen molar-refractivity contribution in [3.8, 4) is 5.75 Å². The van der Waals surface area contributed by atoms with E-state index in [-0.39, 0.29) is 17.1 Å². The molecule has 0 saturated heterocycles. The number of ether oxygens (including phenoxy) is 1. The van der Waals surface area contributed by atoms with Crippen LogP contribution in [0.5, 0.6) is 5.75 Å². The van der Waals surface area contributed by atoms with Crippen molar-refractivity contribution in [3.05, 3.63) is 105 Å². The first-order chi connectivity index (χ1) is 18.6. The van der Waals surface area contributed by atoms with Gasteiger partial charge < -0.3 is 9.15 Å². The summed E-state index contributed by atoms with van der Waals surface area (Å²) >= 11 is 0. The summed E-state index contributed by atoms with van der Waals surface area (Å²) in [6.45, 7) is 7.44. The summed E-state index contributed by atoms with van der Waals surface area (Å²) in [6.07, 6.45) is 2.04. The van der Waals surface area contributed by atoms with E-state index < -0.39 is 27.7 Å². The summed E-state index contributed by atoms with van der Waals surface area (Å²) in [5.41, 5.74) is 3.59. The maximum absolute atomic E-state index is 13.4. The zero-order chi connectivity index (χ0) is 28.2. The number of carbonyl (C=O) groups is 1. The molecule has 39 heavy (non-hydrogen) atoms. The van der Waals surface area contributed by atoms with Crippen molar-refractivity contribution < 1.29 is 22.4 Å². The average Bonchev–Trinajstić information content (AvgIpc) is 2.89. The number of carbonyl (C=O) groups excluding carboxylic acids is 1. The van der Waals surface area contributed by atoms with Gasteiger partial charge in [-0.15, -0.1) is 0 Å².